The SMILES string of the molecule is CS(=O)(=O)N[C@@H]1[C@@H](NC(=O)c2nc3ncccc3[nH]2)[C@H]2CCO[C@H]21. The minimum Gasteiger partial charge on any atom is -0.376 e. The van der Waals surface area contributed by atoms with Gasteiger partial charge in [0, 0.05) is 18.7 Å². The van der Waals surface area contributed by atoms with Gasteiger partial charge in [-0.3, -0.25) is 4.79 Å². The molecule has 0 radical (unpaired) electrons. The van der Waals surface area contributed by atoms with E-state index in [1.54, 1.807) is 18.3 Å². The number of nitrogens with zero attached hydrogens (tertiary/aromatic N) is 2. The number of fused-ring (bicyclic) bond motifs is 2. The number of carbonyl (C=O) groups is 1. The average molecular weight is 351 g/mol. The van der Waals surface area contributed by atoms with Gasteiger partial charge in [0.1, 0.15) is 0 Å². The van der Waals surface area contributed by atoms with E-state index in [1.807, 2.05) is 0 Å². The van der Waals surface area contributed by atoms with Crippen molar-refractivity contribution in [3.63, 3.8) is 0 Å². The second-order valence-corrected chi connectivity index (χ2v) is 7.94. The molecule has 2 aliphatic rings. The second-order valence-electron chi connectivity index (χ2n) is 6.16. The number of aromatic amines is 1. The number of hydrogen-bond donors (Lipinski definition) is 3. The van der Waals surface area contributed by atoms with Gasteiger partial charge < -0.3 is 15.0 Å². The summed E-state index contributed by atoms with van der Waals surface area (Å²) in [6.07, 6.45) is 3.30. The van der Waals surface area contributed by atoms with Crippen LogP contribution in [-0.2, 0) is 14.8 Å². The molecule has 1 saturated heterocycles. The van der Waals surface area contributed by atoms with Gasteiger partial charge in [-0.05, 0) is 18.6 Å². The molecule has 10 heteroatoms. The van der Waals surface area contributed by atoms with Crippen molar-refractivity contribution in [1.29, 1.82) is 0 Å². The Bertz CT molecular complexity index is 862. The average Bonchev–Trinajstić information content (AvgIpc) is 3.14. The Labute approximate surface area is 138 Å². The first-order valence-electron chi connectivity index (χ1n) is 7.63. The molecule has 1 aliphatic carbocycles. The number of ether oxygens (including phenoxy) is 1. The van der Waals surface area contributed by atoms with Crippen LogP contribution in [0.15, 0.2) is 18.3 Å². The monoisotopic (exact) mass is 351 g/mol. The van der Waals surface area contributed by atoms with E-state index in [1.165, 1.54) is 0 Å². The zero-order chi connectivity index (χ0) is 16.9. The van der Waals surface area contributed by atoms with Crippen LogP contribution in [0.25, 0.3) is 11.2 Å². The molecular formula is C14H17N5O4S. The van der Waals surface area contributed by atoms with Crippen LogP contribution in [0.2, 0.25) is 0 Å². The quantitative estimate of drug-likeness (QED) is 0.675. The first kappa shape index (κ1) is 15.5. The summed E-state index contributed by atoms with van der Waals surface area (Å²) in [5.41, 5.74) is 1.13. The summed E-state index contributed by atoms with van der Waals surface area (Å²) in [7, 11) is -3.39. The Hall–Kier alpha value is -2.04. The molecule has 1 amide bonds. The molecule has 9 nitrogen and oxygen atoms in total. The number of pyridine rings is 1. The molecule has 2 aromatic rings. The number of aromatic nitrogens is 3. The Balaban J connectivity index is 1.53. The van der Waals surface area contributed by atoms with Gasteiger partial charge in [0.25, 0.3) is 5.91 Å². The van der Waals surface area contributed by atoms with E-state index in [-0.39, 0.29) is 29.8 Å². The smallest absolute Gasteiger partial charge is 0.287 e. The lowest BCUT2D eigenvalue weighted by atomic mass is 9.72. The van der Waals surface area contributed by atoms with Crippen LogP contribution in [0.5, 0.6) is 0 Å². The summed E-state index contributed by atoms with van der Waals surface area (Å²) in [5.74, 6) is -0.122. The number of nitrogens with one attached hydrogen (secondary N) is 3. The lowest BCUT2D eigenvalue weighted by Gasteiger charge is -2.47. The van der Waals surface area contributed by atoms with Gasteiger partial charge >= 0.3 is 0 Å². The molecule has 0 spiro atoms. The topological polar surface area (TPSA) is 126 Å². The molecule has 4 rings (SSSR count). The van der Waals surface area contributed by atoms with Crippen molar-refractivity contribution in [2.75, 3.05) is 12.9 Å². The summed E-state index contributed by atoms with van der Waals surface area (Å²) in [5, 5.41) is 2.87. The highest BCUT2D eigenvalue weighted by atomic mass is 32.2. The van der Waals surface area contributed by atoms with Crippen molar-refractivity contribution in [1.82, 2.24) is 25.0 Å². The van der Waals surface area contributed by atoms with Crippen LogP contribution < -0.4 is 10.0 Å². The van der Waals surface area contributed by atoms with Gasteiger partial charge in [-0.2, -0.15) is 0 Å². The molecule has 1 aliphatic heterocycles. The molecule has 1 saturated carbocycles. The number of hydrogen-bond acceptors (Lipinski definition) is 6. The van der Waals surface area contributed by atoms with E-state index in [0.29, 0.717) is 17.8 Å². The molecule has 0 aromatic carbocycles. The predicted molar refractivity (Wildman–Crippen MR) is 84.8 cm³/mol. The summed E-state index contributed by atoms with van der Waals surface area (Å²) < 4.78 is 31.2. The predicted octanol–water partition coefficient (Wildman–Crippen LogP) is -0.607. The van der Waals surface area contributed by atoms with Crippen molar-refractivity contribution >= 4 is 27.1 Å². The molecule has 0 bridgehead atoms. The van der Waals surface area contributed by atoms with Crippen LogP contribution in [0.3, 0.4) is 0 Å². The minimum absolute atomic E-state index is 0.107. The van der Waals surface area contributed by atoms with E-state index in [9.17, 15) is 13.2 Å². The molecule has 128 valence electrons. The maximum Gasteiger partial charge on any atom is 0.287 e. The van der Waals surface area contributed by atoms with E-state index in [0.717, 1.165) is 12.7 Å². The Morgan fingerprint density at radius 1 is 1.42 bits per heavy atom. The number of carbonyl (C=O) groups excluding carboxylic acids is 1. The number of H-pyrrole nitrogens is 1. The fourth-order valence-corrected chi connectivity index (χ4v) is 4.24. The number of sulfonamides is 1. The fourth-order valence-electron chi connectivity index (χ4n) is 3.46. The third-order valence-corrected chi connectivity index (χ3v) is 5.21. The van der Waals surface area contributed by atoms with E-state index in [2.05, 4.69) is 25.0 Å². The highest BCUT2D eigenvalue weighted by Gasteiger charge is 2.55. The number of rotatable bonds is 4. The Kier molecular flexibility index (Phi) is 3.55. The zero-order valence-electron chi connectivity index (χ0n) is 12.9. The maximum absolute atomic E-state index is 12.5. The highest BCUT2D eigenvalue weighted by molar-refractivity contribution is 7.88. The van der Waals surface area contributed by atoms with E-state index >= 15 is 0 Å². The summed E-state index contributed by atoms with van der Waals surface area (Å²) in [6.45, 7) is 0.568. The standard InChI is InChI=1S/C14H17N5O4S/c1-24(21,22)19-10-9(7-4-6-23-11(7)10)17-14(20)13-16-8-3-2-5-15-12(8)18-13/h2-3,5,7,9-11,19H,4,6H2,1H3,(H,17,20)(H,15,16,18)/t7-,9+,10-,11-/m1/s1. The summed E-state index contributed by atoms with van der Waals surface area (Å²) in [4.78, 5) is 23.6. The molecule has 3 N–H and O–H groups in total. The molecule has 0 unspecified atom stereocenters. The largest absolute Gasteiger partial charge is 0.376 e. The van der Waals surface area contributed by atoms with Crippen LogP contribution in [0.1, 0.15) is 17.0 Å². The molecule has 2 fully saturated rings. The number of imidazole rings is 1. The lowest BCUT2D eigenvalue weighted by Crippen LogP contribution is -2.70. The van der Waals surface area contributed by atoms with Gasteiger partial charge in [-0.1, -0.05) is 0 Å². The van der Waals surface area contributed by atoms with Gasteiger partial charge in [0.05, 0.1) is 30.0 Å². The lowest BCUT2D eigenvalue weighted by molar-refractivity contribution is -0.0195. The van der Waals surface area contributed by atoms with Crippen LogP contribution in [-0.4, -0.2) is 60.3 Å². The molecule has 2 aromatic heterocycles. The van der Waals surface area contributed by atoms with Crippen molar-refractivity contribution in [3.05, 3.63) is 24.2 Å². The molecule has 3 heterocycles. The van der Waals surface area contributed by atoms with Gasteiger partial charge in [0.15, 0.2) is 11.5 Å². The maximum atomic E-state index is 12.5. The normalized spacial score (nSPS) is 29.2. The third-order valence-electron chi connectivity index (χ3n) is 4.51. The highest BCUT2D eigenvalue weighted by Crippen LogP contribution is 2.39. The summed E-state index contributed by atoms with van der Waals surface area (Å²) in [6, 6.07) is 2.75. The first-order valence-corrected chi connectivity index (χ1v) is 9.52. The van der Waals surface area contributed by atoms with E-state index < -0.39 is 16.1 Å². The fraction of sp³-hybridized carbons (Fsp3) is 0.500. The van der Waals surface area contributed by atoms with Crippen molar-refractivity contribution in [2.45, 2.75) is 24.6 Å². The molecular weight excluding hydrogens is 334 g/mol. The van der Waals surface area contributed by atoms with Gasteiger partial charge in [-0.15, -0.1) is 0 Å². The molecule has 4 atom stereocenters. The second kappa shape index (κ2) is 5.50. The van der Waals surface area contributed by atoms with Gasteiger partial charge in [0.2, 0.25) is 10.0 Å². The first-order chi connectivity index (χ1) is 11.4. The Morgan fingerprint density at radius 3 is 3.00 bits per heavy atom. The van der Waals surface area contributed by atoms with Crippen molar-refractivity contribution < 1.29 is 17.9 Å². The summed E-state index contributed by atoms with van der Waals surface area (Å²) >= 11 is 0. The number of amides is 1. The van der Waals surface area contributed by atoms with Gasteiger partial charge in [-0.25, -0.2) is 23.1 Å². The van der Waals surface area contributed by atoms with Crippen molar-refractivity contribution in [2.24, 2.45) is 5.92 Å². The van der Waals surface area contributed by atoms with Crippen LogP contribution >= 0.6 is 0 Å². The van der Waals surface area contributed by atoms with E-state index in [4.69, 9.17) is 4.74 Å². The van der Waals surface area contributed by atoms with Crippen LogP contribution in [0.4, 0.5) is 0 Å². The third kappa shape index (κ3) is 2.66. The minimum atomic E-state index is -3.39. The van der Waals surface area contributed by atoms with Crippen molar-refractivity contribution in [3.8, 4) is 0 Å². The zero-order valence-corrected chi connectivity index (χ0v) is 13.7. The Morgan fingerprint density at radius 2 is 2.25 bits per heavy atom. The van der Waals surface area contributed by atoms with Crippen LogP contribution in [0, 0.1) is 5.92 Å². The molecule has 24 heavy (non-hydrogen) atoms.